The average molecular weight is 259 g/mol. The van der Waals surface area contributed by atoms with Gasteiger partial charge in [0.05, 0.1) is 6.61 Å². The number of carboxylic acids is 1. The summed E-state index contributed by atoms with van der Waals surface area (Å²) in [7, 11) is 0. The van der Waals surface area contributed by atoms with E-state index in [4.69, 9.17) is 10.2 Å². The minimum absolute atomic E-state index is 0.0283. The van der Waals surface area contributed by atoms with E-state index in [1.54, 1.807) is 0 Å². The summed E-state index contributed by atoms with van der Waals surface area (Å²) in [6.45, 7) is -0.0283. The molecule has 1 aromatic carbocycles. The van der Waals surface area contributed by atoms with E-state index in [0.29, 0.717) is 6.42 Å². The van der Waals surface area contributed by atoms with Crippen LogP contribution in [0.3, 0.4) is 0 Å². The van der Waals surface area contributed by atoms with Gasteiger partial charge in [-0.05, 0) is 29.7 Å². The number of aryl methyl sites for hydroxylation is 1. The van der Waals surface area contributed by atoms with Gasteiger partial charge in [0.25, 0.3) is 0 Å². The molecule has 0 heterocycles. The van der Waals surface area contributed by atoms with Gasteiger partial charge < -0.3 is 10.2 Å². The number of halogens is 1. The van der Waals surface area contributed by atoms with Crippen molar-refractivity contribution in [1.82, 2.24) is 0 Å². The van der Waals surface area contributed by atoms with E-state index in [1.807, 2.05) is 18.2 Å². The molecule has 0 unspecified atom stereocenters. The Bertz CT molecular complexity index is 336. The van der Waals surface area contributed by atoms with Gasteiger partial charge in [-0.25, -0.2) is 0 Å². The van der Waals surface area contributed by atoms with E-state index >= 15 is 0 Å². The van der Waals surface area contributed by atoms with Crippen LogP contribution in [0.2, 0.25) is 0 Å². The molecule has 0 amide bonds. The molecule has 1 aromatic rings. The molecule has 0 fully saturated rings. The number of hydrogen-bond donors (Lipinski definition) is 2. The summed E-state index contributed by atoms with van der Waals surface area (Å²) in [5.41, 5.74) is 1.71. The summed E-state index contributed by atoms with van der Waals surface area (Å²) in [4.78, 5) is 10.4. The quantitative estimate of drug-likeness (QED) is 0.868. The molecule has 14 heavy (non-hydrogen) atoms. The maximum absolute atomic E-state index is 10.4. The molecule has 3 nitrogen and oxygen atoms in total. The lowest BCUT2D eigenvalue weighted by Crippen LogP contribution is -1.98. The first-order valence-corrected chi connectivity index (χ1v) is 5.02. The fourth-order valence-corrected chi connectivity index (χ4v) is 1.79. The molecule has 0 saturated heterocycles. The van der Waals surface area contributed by atoms with Crippen molar-refractivity contribution in [3.8, 4) is 0 Å². The normalized spacial score (nSPS) is 10.1. The van der Waals surface area contributed by atoms with Crippen LogP contribution in [0.4, 0.5) is 0 Å². The predicted molar refractivity (Wildman–Crippen MR) is 56.0 cm³/mol. The molecule has 0 aliphatic heterocycles. The summed E-state index contributed by atoms with van der Waals surface area (Å²) in [6, 6.07) is 5.49. The fourth-order valence-electron chi connectivity index (χ4n) is 1.20. The summed E-state index contributed by atoms with van der Waals surface area (Å²) in [6.07, 6.45) is 0.600. The van der Waals surface area contributed by atoms with Gasteiger partial charge in [-0.1, -0.05) is 22.0 Å². The number of carbonyl (C=O) groups is 1. The van der Waals surface area contributed by atoms with Crippen LogP contribution in [0.1, 0.15) is 17.5 Å². The number of carboxylic acid groups (broad SMARTS) is 1. The third-order valence-corrected chi connectivity index (χ3v) is 2.29. The molecule has 0 spiro atoms. The Morgan fingerprint density at radius 3 is 2.50 bits per heavy atom. The molecular formula is C10H11BrO3. The van der Waals surface area contributed by atoms with Crippen LogP contribution in [0.15, 0.2) is 22.7 Å². The highest BCUT2D eigenvalue weighted by molar-refractivity contribution is 9.10. The van der Waals surface area contributed by atoms with Gasteiger partial charge in [0.15, 0.2) is 0 Å². The van der Waals surface area contributed by atoms with Crippen molar-refractivity contribution in [3.05, 3.63) is 33.8 Å². The first-order valence-electron chi connectivity index (χ1n) is 4.23. The van der Waals surface area contributed by atoms with Crippen LogP contribution >= 0.6 is 15.9 Å². The largest absolute Gasteiger partial charge is 0.481 e. The maximum atomic E-state index is 10.4. The second kappa shape index (κ2) is 5.12. The minimum atomic E-state index is -0.810. The van der Waals surface area contributed by atoms with Crippen LogP contribution in [0.5, 0.6) is 0 Å². The molecule has 76 valence electrons. The second-order valence-corrected chi connectivity index (χ2v) is 3.94. The number of aliphatic carboxylic acids is 1. The summed E-state index contributed by atoms with van der Waals surface area (Å²) >= 11 is 3.30. The fraction of sp³-hybridized carbons (Fsp3) is 0.300. The van der Waals surface area contributed by atoms with Crippen LogP contribution in [-0.2, 0) is 17.8 Å². The number of aliphatic hydroxyl groups excluding tert-OH is 1. The van der Waals surface area contributed by atoms with Crippen molar-refractivity contribution in [1.29, 1.82) is 0 Å². The topological polar surface area (TPSA) is 57.5 Å². The number of aliphatic hydroxyl groups is 1. The van der Waals surface area contributed by atoms with Gasteiger partial charge in [-0.3, -0.25) is 4.79 Å². The zero-order chi connectivity index (χ0) is 10.6. The van der Waals surface area contributed by atoms with E-state index in [2.05, 4.69) is 15.9 Å². The average Bonchev–Trinajstić information content (AvgIpc) is 2.14. The minimum Gasteiger partial charge on any atom is -0.481 e. The maximum Gasteiger partial charge on any atom is 0.303 e. The van der Waals surface area contributed by atoms with E-state index in [1.165, 1.54) is 0 Å². The summed E-state index contributed by atoms with van der Waals surface area (Å²) in [5.74, 6) is -0.810. The Labute approximate surface area is 90.5 Å². The van der Waals surface area contributed by atoms with Gasteiger partial charge in [0.2, 0.25) is 0 Å². The Hall–Kier alpha value is -0.870. The highest BCUT2D eigenvalue weighted by atomic mass is 79.9. The molecule has 0 atom stereocenters. The Morgan fingerprint density at radius 2 is 1.93 bits per heavy atom. The van der Waals surface area contributed by atoms with E-state index in [9.17, 15) is 4.79 Å². The number of benzene rings is 1. The van der Waals surface area contributed by atoms with Gasteiger partial charge in [0.1, 0.15) is 0 Å². The van der Waals surface area contributed by atoms with Crippen molar-refractivity contribution in [2.24, 2.45) is 0 Å². The molecule has 0 aliphatic rings. The lowest BCUT2D eigenvalue weighted by Gasteiger charge is -2.03. The zero-order valence-corrected chi connectivity index (χ0v) is 9.12. The van der Waals surface area contributed by atoms with Crippen LogP contribution in [0, 0.1) is 0 Å². The van der Waals surface area contributed by atoms with Crippen molar-refractivity contribution < 1.29 is 15.0 Å². The first kappa shape index (κ1) is 11.2. The molecule has 0 saturated carbocycles. The Kier molecular flexibility index (Phi) is 4.10. The first-order chi connectivity index (χ1) is 6.61. The van der Waals surface area contributed by atoms with E-state index < -0.39 is 5.97 Å². The number of hydrogen-bond acceptors (Lipinski definition) is 2. The second-order valence-electron chi connectivity index (χ2n) is 3.02. The molecule has 2 N–H and O–H groups in total. The lowest BCUT2D eigenvalue weighted by atomic mass is 10.1. The van der Waals surface area contributed by atoms with Gasteiger partial charge in [0, 0.05) is 10.9 Å². The van der Waals surface area contributed by atoms with Crippen LogP contribution in [-0.4, -0.2) is 16.2 Å². The van der Waals surface area contributed by atoms with Crippen molar-refractivity contribution >= 4 is 21.9 Å². The van der Waals surface area contributed by atoms with Crippen molar-refractivity contribution in [2.75, 3.05) is 0 Å². The smallest absolute Gasteiger partial charge is 0.303 e. The van der Waals surface area contributed by atoms with E-state index in [0.717, 1.165) is 15.6 Å². The zero-order valence-electron chi connectivity index (χ0n) is 7.53. The van der Waals surface area contributed by atoms with Gasteiger partial charge in [-0.2, -0.15) is 0 Å². The Morgan fingerprint density at radius 1 is 1.29 bits per heavy atom. The molecular weight excluding hydrogens is 248 g/mol. The highest BCUT2D eigenvalue weighted by Gasteiger charge is 2.02. The van der Waals surface area contributed by atoms with Crippen LogP contribution in [0.25, 0.3) is 0 Å². The molecule has 0 aromatic heterocycles. The summed E-state index contributed by atoms with van der Waals surface area (Å²) < 4.78 is 0.865. The SMILES string of the molecule is O=C(O)CCc1cc(Br)cc(CO)c1. The third kappa shape index (κ3) is 3.47. The monoisotopic (exact) mass is 258 g/mol. The predicted octanol–water partition coefficient (Wildman–Crippen LogP) is 1.96. The molecule has 0 radical (unpaired) electrons. The molecule has 1 rings (SSSR count). The van der Waals surface area contributed by atoms with Gasteiger partial charge in [-0.15, -0.1) is 0 Å². The molecule has 0 bridgehead atoms. The number of rotatable bonds is 4. The van der Waals surface area contributed by atoms with Gasteiger partial charge >= 0.3 is 5.97 Å². The highest BCUT2D eigenvalue weighted by Crippen LogP contribution is 2.17. The third-order valence-electron chi connectivity index (χ3n) is 1.83. The summed E-state index contributed by atoms with van der Waals surface area (Å²) in [5, 5.41) is 17.4. The van der Waals surface area contributed by atoms with Crippen molar-refractivity contribution in [2.45, 2.75) is 19.4 Å². The standard InChI is InChI=1S/C10H11BrO3/c11-9-4-7(1-2-10(13)14)3-8(5-9)6-12/h3-5,12H,1-2,6H2,(H,13,14). The van der Waals surface area contributed by atoms with E-state index in [-0.39, 0.29) is 13.0 Å². The lowest BCUT2D eigenvalue weighted by molar-refractivity contribution is -0.136. The Balaban J connectivity index is 2.76. The van der Waals surface area contributed by atoms with Crippen LogP contribution < -0.4 is 0 Å². The van der Waals surface area contributed by atoms with Crippen molar-refractivity contribution in [3.63, 3.8) is 0 Å². The molecule has 0 aliphatic carbocycles. The molecule has 4 heteroatoms.